The summed E-state index contributed by atoms with van der Waals surface area (Å²) in [7, 11) is 0. The first-order chi connectivity index (χ1) is 9.65. The zero-order valence-electron chi connectivity index (χ0n) is 13.1. The predicted octanol–water partition coefficient (Wildman–Crippen LogP) is 2.62. The third-order valence-electron chi connectivity index (χ3n) is 4.21. The largest absolute Gasteiger partial charge is 0.380 e. The van der Waals surface area contributed by atoms with Gasteiger partial charge in [0.1, 0.15) is 0 Å². The summed E-state index contributed by atoms with van der Waals surface area (Å²) >= 11 is 0. The van der Waals surface area contributed by atoms with Crippen LogP contribution in [0.15, 0.2) is 30.3 Å². The normalized spacial score (nSPS) is 27.6. The third kappa shape index (κ3) is 3.81. The summed E-state index contributed by atoms with van der Waals surface area (Å²) in [6.07, 6.45) is 1.10. The molecule has 2 atom stereocenters. The van der Waals surface area contributed by atoms with Gasteiger partial charge < -0.3 is 10.1 Å². The van der Waals surface area contributed by atoms with Crippen molar-refractivity contribution >= 4 is 0 Å². The fourth-order valence-corrected chi connectivity index (χ4v) is 2.85. The average Bonchev–Trinajstić information content (AvgIpc) is 2.48. The van der Waals surface area contributed by atoms with Gasteiger partial charge in [0.25, 0.3) is 0 Å². The molecule has 1 aliphatic heterocycles. The van der Waals surface area contributed by atoms with Crippen LogP contribution in [0.5, 0.6) is 0 Å². The topological polar surface area (TPSA) is 24.5 Å². The van der Waals surface area contributed by atoms with E-state index in [2.05, 4.69) is 61.3 Å². The molecule has 1 aliphatic rings. The summed E-state index contributed by atoms with van der Waals surface area (Å²) in [6.45, 7) is 11.5. The predicted molar refractivity (Wildman–Crippen MR) is 83.9 cm³/mol. The van der Waals surface area contributed by atoms with Gasteiger partial charge in [-0.15, -0.1) is 0 Å². The zero-order valence-corrected chi connectivity index (χ0v) is 13.1. The molecule has 0 radical (unpaired) electrons. The standard InChI is InChI=1S/C17H28N2O/c1-4-11-20-12-10-19-14-17(3,18-13-15(19)2)16-8-6-5-7-9-16/h5-9,15,18H,4,10-14H2,1-3H3. The number of nitrogens with zero attached hydrogens (tertiary/aromatic N) is 1. The van der Waals surface area contributed by atoms with E-state index in [0.717, 1.165) is 39.3 Å². The van der Waals surface area contributed by atoms with Crippen LogP contribution in [0.4, 0.5) is 0 Å². The number of hydrogen-bond donors (Lipinski definition) is 1. The fraction of sp³-hybridized carbons (Fsp3) is 0.647. The molecule has 0 aliphatic carbocycles. The lowest BCUT2D eigenvalue weighted by Gasteiger charge is -2.45. The van der Waals surface area contributed by atoms with E-state index in [-0.39, 0.29) is 5.54 Å². The molecular formula is C17H28N2O. The molecule has 1 saturated heterocycles. The summed E-state index contributed by atoms with van der Waals surface area (Å²) < 4.78 is 5.65. The monoisotopic (exact) mass is 276 g/mol. The van der Waals surface area contributed by atoms with Crippen molar-refractivity contribution in [1.29, 1.82) is 0 Å². The number of hydrogen-bond acceptors (Lipinski definition) is 3. The highest BCUT2D eigenvalue weighted by atomic mass is 16.5. The van der Waals surface area contributed by atoms with E-state index in [1.54, 1.807) is 0 Å². The van der Waals surface area contributed by atoms with Gasteiger partial charge in [0.2, 0.25) is 0 Å². The van der Waals surface area contributed by atoms with E-state index in [0.29, 0.717) is 6.04 Å². The molecule has 3 heteroatoms. The number of nitrogens with one attached hydrogen (secondary N) is 1. The van der Waals surface area contributed by atoms with Gasteiger partial charge in [0.15, 0.2) is 0 Å². The Morgan fingerprint density at radius 2 is 2.05 bits per heavy atom. The first-order valence-electron chi connectivity index (χ1n) is 7.78. The van der Waals surface area contributed by atoms with E-state index < -0.39 is 0 Å². The Kier molecular flexibility index (Phi) is 5.58. The third-order valence-corrected chi connectivity index (χ3v) is 4.21. The summed E-state index contributed by atoms with van der Waals surface area (Å²) in [6, 6.07) is 11.3. The van der Waals surface area contributed by atoms with E-state index in [1.165, 1.54) is 5.56 Å². The SMILES string of the molecule is CCCOCCN1CC(C)(c2ccccc2)NCC1C. The fourth-order valence-electron chi connectivity index (χ4n) is 2.85. The smallest absolute Gasteiger partial charge is 0.0593 e. The average molecular weight is 276 g/mol. The lowest BCUT2D eigenvalue weighted by molar-refractivity contribution is 0.0497. The van der Waals surface area contributed by atoms with Gasteiger partial charge in [-0.2, -0.15) is 0 Å². The molecule has 1 aromatic carbocycles. The second kappa shape index (κ2) is 7.21. The molecule has 1 heterocycles. The Morgan fingerprint density at radius 3 is 2.75 bits per heavy atom. The molecule has 1 N–H and O–H groups in total. The quantitative estimate of drug-likeness (QED) is 0.808. The zero-order chi connectivity index (χ0) is 14.4. The lowest BCUT2D eigenvalue weighted by atomic mass is 9.88. The van der Waals surface area contributed by atoms with Crippen molar-refractivity contribution < 1.29 is 4.74 Å². The van der Waals surface area contributed by atoms with Crippen molar-refractivity contribution in [3.05, 3.63) is 35.9 Å². The molecule has 0 amide bonds. The van der Waals surface area contributed by atoms with E-state index >= 15 is 0 Å². The number of rotatable bonds is 6. The molecule has 3 nitrogen and oxygen atoms in total. The Hall–Kier alpha value is -0.900. The van der Waals surface area contributed by atoms with Crippen molar-refractivity contribution in [1.82, 2.24) is 10.2 Å². The lowest BCUT2D eigenvalue weighted by Crippen LogP contribution is -2.60. The Labute approximate surface area is 123 Å². The van der Waals surface area contributed by atoms with Crippen molar-refractivity contribution in [3.8, 4) is 0 Å². The minimum atomic E-state index is 0.0402. The van der Waals surface area contributed by atoms with Crippen LogP contribution >= 0.6 is 0 Å². The summed E-state index contributed by atoms with van der Waals surface area (Å²) in [5.74, 6) is 0. The van der Waals surface area contributed by atoms with Gasteiger partial charge in [-0.3, -0.25) is 4.90 Å². The summed E-state index contributed by atoms with van der Waals surface area (Å²) in [4.78, 5) is 2.54. The maximum Gasteiger partial charge on any atom is 0.0593 e. The van der Waals surface area contributed by atoms with Crippen molar-refractivity contribution in [2.45, 2.75) is 38.8 Å². The van der Waals surface area contributed by atoms with E-state index in [9.17, 15) is 0 Å². The molecule has 0 spiro atoms. The first-order valence-corrected chi connectivity index (χ1v) is 7.78. The van der Waals surface area contributed by atoms with Crippen LogP contribution in [0.2, 0.25) is 0 Å². The highest BCUT2D eigenvalue weighted by molar-refractivity contribution is 5.25. The molecule has 112 valence electrons. The van der Waals surface area contributed by atoms with Crippen LogP contribution in [0.25, 0.3) is 0 Å². The maximum absolute atomic E-state index is 5.65. The molecule has 2 unspecified atom stereocenters. The Bertz CT molecular complexity index is 395. The highest BCUT2D eigenvalue weighted by Crippen LogP contribution is 2.26. The minimum Gasteiger partial charge on any atom is -0.380 e. The van der Waals surface area contributed by atoms with E-state index in [4.69, 9.17) is 4.74 Å². The van der Waals surface area contributed by atoms with Gasteiger partial charge in [-0.1, -0.05) is 37.3 Å². The minimum absolute atomic E-state index is 0.0402. The molecule has 20 heavy (non-hydrogen) atoms. The van der Waals surface area contributed by atoms with E-state index in [1.807, 2.05) is 0 Å². The number of benzene rings is 1. The Morgan fingerprint density at radius 1 is 1.30 bits per heavy atom. The summed E-state index contributed by atoms with van der Waals surface area (Å²) in [5.41, 5.74) is 1.41. The van der Waals surface area contributed by atoms with Gasteiger partial charge in [0.05, 0.1) is 12.1 Å². The molecule has 0 saturated carbocycles. The molecule has 1 aromatic rings. The second-order valence-electron chi connectivity index (χ2n) is 6.01. The van der Waals surface area contributed by atoms with Gasteiger partial charge >= 0.3 is 0 Å². The van der Waals surface area contributed by atoms with Crippen molar-refractivity contribution in [3.63, 3.8) is 0 Å². The molecule has 1 fully saturated rings. The number of piperazine rings is 1. The molecule has 2 rings (SSSR count). The van der Waals surface area contributed by atoms with Crippen LogP contribution in [-0.2, 0) is 10.3 Å². The molecule has 0 bridgehead atoms. The molecule has 0 aromatic heterocycles. The van der Waals surface area contributed by atoms with Crippen LogP contribution in [0.3, 0.4) is 0 Å². The van der Waals surface area contributed by atoms with Crippen LogP contribution < -0.4 is 5.32 Å². The first kappa shape index (κ1) is 15.5. The highest BCUT2D eigenvalue weighted by Gasteiger charge is 2.34. The van der Waals surface area contributed by atoms with Crippen molar-refractivity contribution in [2.75, 3.05) is 32.8 Å². The van der Waals surface area contributed by atoms with Gasteiger partial charge in [-0.25, -0.2) is 0 Å². The summed E-state index contributed by atoms with van der Waals surface area (Å²) in [5, 5.41) is 3.71. The van der Waals surface area contributed by atoms with Crippen LogP contribution in [0.1, 0.15) is 32.8 Å². The second-order valence-corrected chi connectivity index (χ2v) is 6.01. The van der Waals surface area contributed by atoms with Crippen LogP contribution in [0, 0.1) is 0 Å². The van der Waals surface area contributed by atoms with Crippen molar-refractivity contribution in [2.24, 2.45) is 0 Å². The van der Waals surface area contributed by atoms with Crippen LogP contribution in [-0.4, -0.2) is 43.8 Å². The number of ether oxygens (including phenoxy) is 1. The molecular weight excluding hydrogens is 248 g/mol. The maximum atomic E-state index is 5.65. The Balaban J connectivity index is 1.96. The van der Waals surface area contributed by atoms with Gasteiger partial charge in [-0.05, 0) is 25.8 Å². The van der Waals surface area contributed by atoms with Gasteiger partial charge in [0, 0.05) is 32.3 Å².